The summed E-state index contributed by atoms with van der Waals surface area (Å²) in [6.07, 6.45) is 1.35. The fraction of sp³-hybridized carbons (Fsp3) is 0.308. The average molecular weight is 330 g/mol. The second-order valence-corrected chi connectivity index (χ2v) is 6.42. The Balaban J connectivity index is 2.31. The number of anilines is 1. The van der Waals surface area contributed by atoms with Gasteiger partial charge in [-0.2, -0.15) is 8.42 Å². The molecule has 0 unspecified atom stereocenters. The molecule has 0 aliphatic heterocycles. The summed E-state index contributed by atoms with van der Waals surface area (Å²) < 4.78 is 33.9. The first kappa shape index (κ1) is 15.7. The zero-order valence-corrected chi connectivity index (χ0v) is 13.5. The van der Waals surface area contributed by atoms with Crippen LogP contribution in [-0.2, 0) is 17.1 Å². The normalized spacial score (nSPS) is 11.4. The molecule has 0 radical (unpaired) electrons. The van der Waals surface area contributed by atoms with Crippen molar-refractivity contribution >= 4 is 27.3 Å². The maximum Gasteiger partial charge on any atom is 0.282 e. The molecular formula is C13H16ClN3O3S. The van der Waals surface area contributed by atoms with Crippen LogP contribution in [-0.4, -0.2) is 24.6 Å². The summed E-state index contributed by atoms with van der Waals surface area (Å²) in [7, 11) is -2.20. The van der Waals surface area contributed by atoms with Crippen molar-refractivity contribution < 1.29 is 13.2 Å². The van der Waals surface area contributed by atoms with Gasteiger partial charge in [0.25, 0.3) is 10.0 Å². The van der Waals surface area contributed by atoms with Crippen molar-refractivity contribution in [2.75, 3.05) is 11.3 Å². The van der Waals surface area contributed by atoms with Crippen molar-refractivity contribution in [3.63, 3.8) is 0 Å². The Labute approximate surface area is 128 Å². The first-order valence-electron chi connectivity index (χ1n) is 6.28. The van der Waals surface area contributed by atoms with E-state index in [4.69, 9.17) is 16.3 Å². The number of nitrogens with zero attached hydrogens (tertiary/aromatic N) is 2. The average Bonchev–Trinajstić information content (AvgIpc) is 2.74. The van der Waals surface area contributed by atoms with Crippen molar-refractivity contribution in [3.05, 3.63) is 35.2 Å². The Morgan fingerprint density at radius 3 is 2.67 bits per heavy atom. The van der Waals surface area contributed by atoms with E-state index in [1.165, 1.54) is 10.9 Å². The van der Waals surface area contributed by atoms with Gasteiger partial charge in [0.1, 0.15) is 10.9 Å². The Hall–Kier alpha value is -1.73. The molecule has 2 aromatic rings. The predicted molar refractivity (Wildman–Crippen MR) is 81.4 cm³/mol. The number of rotatable bonds is 5. The Morgan fingerprint density at radius 2 is 2.14 bits per heavy atom. The number of benzene rings is 1. The van der Waals surface area contributed by atoms with Crippen molar-refractivity contribution in [1.82, 2.24) is 9.55 Å². The van der Waals surface area contributed by atoms with Gasteiger partial charge >= 0.3 is 0 Å². The largest absolute Gasteiger partial charge is 0.494 e. The zero-order valence-electron chi connectivity index (χ0n) is 11.9. The second kappa shape index (κ2) is 5.95. The molecule has 6 nitrogen and oxygen atoms in total. The molecule has 0 atom stereocenters. The first-order chi connectivity index (χ1) is 9.85. The molecule has 0 saturated carbocycles. The third kappa shape index (κ3) is 3.30. The second-order valence-electron chi connectivity index (χ2n) is 4.47. The van der Waals surface area contributed by atoms with Crippen LogP contribution in [0.15, 0.2) is 29.6 Å². The molecule has 8 heteroatoms. The molecule has 114 valence electrons. The van der Waals surface area contributed by atoms with E-state index in [0.717, 1.165) is 5.56 Å². The van der Waals surface area contributed by atoms with Crippen molar-refractivity contribution in [3.8, 4) is 5.75 Å². The third-order valence-electron chi connectivity index (χ3n) is 2.84. The number of aryl methyl sites for hydroxylation is 2. The molecule has 0 aliphatic carbocycles. The third-order valence-corrected chi connectivity index (χ3v) is 4.70. The number of nitrogens with one attached hydrogen (secondary N) is 1. The van der Waals surface area contributed by atoms with Crippen LogP contribution in [0.1, 0.15) is 12.5 Å². The summed E-state index contributed by atoms with van der Waals surface area (Å²) in [4.78, 5) is 3.82. The highest BCUT2D eigenvalue weighted by atomic mass is 35.5. The summed E-state index contributed by atoms with van der Waals surface area (Å²) in [6.45, 7) is 4.23. The van der Waals surface area contributed by atoms with Crippen molar-refractivity contribution in [2.24, 2.45) is 7.05 Å². The Morgan fingerprint density at radius 1 is 1.43 bits per heavy atom. The molecule has 0 bridgehead atoms. The van der Waals surface area contributed by atoms with Crippen molar-refractivity contribution in [2.45, 2.75) is 18.9 Å². The van der Waals surface area contributed by atoms with Crippen LogP contribution < -0.4 is 9.46 Å². The predicted octanol–water partition coefficient (Wildman–Crippen LogP) is 2.58. The van der Waals surface area contributed by atoms with Gasteiger partial charge in [0.2, 0.25) is 5.03 Å². The number of aromatic nitrogens is 2. The van der Waals surface area contributed by atoms with Crippen LogP contribution in [0, 0.1) is 6.92 Å². The van der Waals surface area contributed by atoms with Gasteiger partial charge in [-0.15, -0.1) is 0 Å². The quantitative estimate of drug-likeness (QED) is 0.915. The van der Waals surface area contributed by atoms with Crippen LogP contribution in [0.4, 0.5) is 5.69 Å². The van der Waals surface area contributed by atoms with Gasteiger partial charge in [0, 0.05) is 7.05 Å². The lowest BCUT2D eigenvalue weighted by Gasteiger charge is -2.11. The van der Waals surface area contributed by atoms with Crippen LogP contribution in [0.25, 0.3) is 0 Å². The van der Waals surface area contributed by atoms with Crippen LogP contribution in [0.2, 0.25) is 5.15 Å². The lowest BCUT2D eigenvalue weighted by atomic mass is 10.2. The van der Waals surface area contributed by atoms with Gasteiger partial charge in [-0.3, -0.25) is 4.72 Å². The summed E-state index contributed by atoms with van der Waals surface area (Å²) in [6, 6.07) is 5.12. The van der Waals surface area contributed by atoms with E-state index in [9.17, 15) is 8.42 Å². The molecule has 1 heterocycles. The van der Waals surface area contributed by atoms with Crippen molar-refractivity contribution in [1.29, 1.82) is 0 Å². The number of hydrogen-bond donors (Lipinski definition) is 1. The molecule has 21 heavy (non-hydrogen) atoms. The summed E-state index contributed by atoms with van der Waals surface area (Å²) >= 11 is 5.93. The highest BCUT2D eigenvalue weighted by Crippen LogP contribution is 2.26. The molecule has 0 saturated heterocycles. The summed E-state index contributed by atoms with van der Waals surface area (Å²) in [5.74, 6) is 0.689. The van der Waals surface area contributed by atoms with E-state index < -0.39 is 10.0 Å². The van der Waals surface area contributed by atoms with Gasteiger partial charge in [0.15, 0.2) is 0 Å². The first-order valence-corrected chi connectivity index (χ1v) is 8.14. The number of ether oxygens (including phenoxy) is 1. The highest BCUT2D eigenvalue weighted by Gasteiger charge is 2.23. The SMILES string of the molecule is CCOc1ccc(NS(=O)(=O)c2ncn(C)c2Cl)c(C)c1. The minimum Gasteiger partial charge on any atom is -0.494 e. The fourth-order valence-corrected chi connectivity index (χ4v) is 3.34. The molecule has 0 fully saturated rings. The molecule has 1 N–H and O–H groups in total. The summed E-state index contributed by atoms with van der Waals surface area (Å²) in [5, 5.41) is -0.133. The lowest BCUT2D eigenvalue weighted by molar-refractivity contribution is 0.340. The number of sulfonamides is 1. The number of hydrogen-bond acceptors (Lipinski definition) is 4. The van der Waals surface area contributed by atoms with Crippen LogP contribution in [0.3, 0.4) is 0 Å². The minimum atomic E-state index is -3.83. The number of halogens is 1. The van der Waals surface area contributed by atoms with Crippen LogP contribution >= 0.6 is 11.6 Å². The van der Waals surface area contributed by atoms with Gasteiger partial charge < -0.3 is 9.30 Å². The summed E-state index contributed by atoms with van der Waals surface area (Å²) in [5.41, 5.74) is 1.21. The fourth-order valence-electron chi connectivity index (χ4n) is 1.77. The highest BCUT2D eigenvalue weighted by molar-refractivity contribution is 7.92. The van der Waals surface area contributed by atoms with E-state index >= 15 is 0 Å². The Bertz CT molecular complexity index is 756. The minimum absolute atomic E-state index is 0.0612. The maximum atomic E-state index is 12.3. The molecule has 2 rings (SSSR count). The molecule has 0 amide bonds. The van der Waals surface area contributed by atoms with Crippen LogP contribution in [0.5, 0.6) is 5.75 Å². The van der Waals surface area contributed by atoms with E-state index in [-0.39, 0.29) is 10.2 Å². The Kier molecular flexibility index (Phi) is 4.43. The topological polar surface area (TPSA) is 73.2 Å². The van der Waals surface area contributed by atoms with Gasteiger partial charge in [0.05, 0.1) is 18.6 Å². The molecule has 0 spiro atoms. The standard InChI is InChI=1S/C13H16ClN3O3S/c1-4-20-10-5-6-11(9(2)7-10)16-21(18,19)13-12(14)17(3)8-15-13/h5-8,16H,4H2,1-3H3. The van der Waals surface area contributed by atoms with E-state index in [2.05, 4.69) is 9.71 Å². The molecule has 0 aliphatic rings. The van der Waals surface area contributed by atoms with Gasteiger partial charge in [-0.05, 0) is 37.6 Å². The molecule has 1 aromatic carbocycles. The number of imidazole rings is 1. The molecular weight excluding hydrogens is 314 g/mol. The molecule has 1 aromatic heterocycles. The zero-order chi connectivity index (χ0) is 15.6. The maximum absolute atomic E-state index is 12.3. The monoisotopic (exact) mass is 329 g/mol. The smallest absolute Gasteiger partial charge is 0.282 e. The van der Waals surface area contributed by atoms with E-state index in [1.807, 2.05) is 6.92 Å². The van der Waals surface area contributed by atoms with Gasteiger partial charge in [-0.1, -0.05) is 11.6 Å². The lowest BCUT2D eigenvalue weighted by Crippen LogP contribution is -2.15. The van der Waals surface area contributed by atoms with E-state index in [1.54, 1.807) is 32.2 Å². The van der Waals surface area contributed by atoms with Gasteiger partial charge in [-0.25, -0.2) is 4.98 Å². The van der Waals surface area contributed by atoms with E-state index in [0.29, 0.717) is 18.0 Å².